The molecule has 0 bridgehead atoms. The van der Waals surface area contributed by atoms with Crippen LogP contribution in [-0.2, 0) is 4.79 Å². The fourth-order valence-electron chi connectivity index (χ4n) is 0.359. The van der Waals surface area contributed by atoms with Crippen molar-refractivity contribution in [3.05, 3.63) is 0 Å². The first-order chi connectivity index (χ1) is 3.72. The molecule has 0 spiro atoms. The Morgan fingerprint density at radius 3 is 2.38 bits per heavy atom. The molecule has 0 aliphatic rings. The number of alkyl halides is 1. The predicted molar refractivity (Wildman–Crippen MR) is 30.4 cm³/mol. The topological polar surface area (TPSA) is 17.1 Å². The highest BCUT2D eigenvalue weighted by molar-refractivity contribution is 5.81. The van der Waals surface area contributed by atoms with Gasteiger partial charge in [-0.3, -0.25) is 4.79 Å². The first-order valence-corrected chi connectivity index (χ1v) is 2.81. The fourth-order valence-corrected chi connectivity index (χ4v) is 0.359. The number of hydrogen-bond donors (Lipinski definition) is 0. The molecule has 1 nitrogen and oxygen atoms in total. The summed E-state index contributed by atoms with van der Waals surface area (Å²) in [7, 11) is 0. The van der Waals surface area contributed by atoms with Crippen molar-refractivity contribution >= 4 is 5.78 Å². The third-order valence-corrected chi connectivity index (χ3v) is 1.29. The molecule has 48 valence electrons. The van der Waals surface area contributed by atoms with Crippen LogP contribution in [0.5, 0.6) is 0 Å². The quantitative estimate of drug-likeness (QED) is 0.549. The van der Waals surface area contributed by atoms with Gasteiger partial charge >= 0.3 is 0 Å². The third kappa shape index (κ3) is 2.05. The number of rotatable bonds is 3. The van der Waals surface area contributed by atoms with Crippen molar-refractivity contribution in [2.75, 3.05) is 6.67 Å². The number of halogens is 1. The van der Waals surface area contributed by atoms with Crippen LogP contribution in [0.4, 0.5) is 4.39 Å². The van der Waals surface area contributed by atoms with Gasteiger partial charge in [0.05, 0.1) is 0 Å². The Hall–Kier alpha value is -0.400. The second-order valence-corrected chi connectivity index (χ2v) is 1.91. The summed E-state index contributed by atoms with van der Waals surface area (Å²) >= 11 is 0. The molecule has 0 aliphatic carbocycles. The molecule has 0 radical (unpaired) electrons. The van der Waals surface area contributed by atoms with Gasteiger partial charge < -0.3 is 0 Å². The van der Waals surface area contributed by atoms with Crippen LogP contribution in [0, 0.1) is 5.92 Å². The van der Waals surface area contributed by atoms with E-state index in [-0.39, 0.29) is 11.7 Å². The van der Waals surface area contributed by atoms with E-state index >= 15 is 0 Å². The summed E-state index contributed by atoms with van der Waals surface area (Å²) < 4.78 is 11.5. The summed E-state index contributed by atoms with van der Waals surface area (Å²) in [5.41, 5.74) is 0. The Balaban J connectivity index is 3.46. The van der Waals surface area contributed by atoms with Crippen LogP contribution in [0.3, 0.4) is 0 Å². The lowest BCUT2D eigenvalue weighted by Gasteiger charge is -2.00. The first kappa shape index (κ1) is 7.60. The van der Waals surface area contributed by atoms with E-state index in [0.717, 1.165) is 6.42 Å². The second kappa shape index (κ2) is 3.58. The van der Waals surface area contributed by atoms with Gasteiger partial charge in [-0.1, -0.05) is 13.8 Å². The molecule has 0 N–H and O–H groups in total. The average molecular weight is 118 g/mol. The number of carbonyl (C=O) groups excluding carboxylic acids is 1. The van der Waals surface area contributed by atoms with Gasteiger partial charge in [0.1, 0.15) is 6.67 Å². The molecule has 0 aromatic rings. The molecule has 0 aliphatic heterocycles. The van der Waals surface area contributed by atoms with Crippen LogP contribution < -0.4 is 0 Å². The van der Waals surface area contributed by atoms with Gasteiger partial charge in [-0.15, -0.1) is 0 Å². The van der Waals surface area contributed by atoms with Crippen LogP contribution in [0.2, 0.25) is 0 Å². The monoisotopic (exact) mass is 118 g/mol. The van der Waals surface area contributed by atoms with Crippen LogP contribution in [0.25, 0.3) is 0 Å². The molecule has 0 rings (SSSR count). The smallest absolute Gasteiger partial charge is 0.166 e. The zero-order chi connectivity index (χ0) is 6.57. The maximum atomic E-state index is 11.5. The van der Waals surface area contributed by atoms with Crippen molar-refractivity contribution in [3.63, 3.8) is 0 Å². The van der Waals surface area contributed by atoms with E-state index in [2.05, 4.69) is 0 Å². The molecule has 0 saturated heterocycles. The maximum absolute atomic E-state index is 11.5. The van der Waals surface area contributed by atoms with Gasteiger partial charge in [-0.2, -0.15) is 0 Å². The SMILES string of the molecule is CCC(C)C(=O)CF. The summed E-state index contributed by atoms with van der Waals surface area (Å²) in [4.78, 5) is 10.4. The van der Waals surface area contributed by atoms with E-state index in [4.69, 9.17) is 0 Å². The van der Waals surface area contributed by atoms with E-state index in [0.29, 0.717) is 0 Å². The van der Waals surface area contributed by atoms with Gasteiger partial charge in [0.2, 0.25) is 0 Å². The lowest BCUT2D eigenvalue weighted by molar-refractivity contribution is -0.123. The molecule has 0 saturated carbocycles. The normalized spacial score (nSPS) is 13.4. The van der Waals surface area contributed by atoms with Crippen molar-refractivity contribution in [1.29, 1.82) is 0 Å². The Morgan fingerprint density at radius 2 is 2.25 bits per heavy atom. The first-order valence-electron chi connectivity index (χ1n) is 2.81. The number of carbonyl (C=O) groups is 1. The standard InChI is InChI=1S/C6H11FO/c1-3-5(2)6(8)4-7/h5H,3-4H2,1-2H3. The van der Waals surface area contributed by atoms with Gasteiger partial charge in [-0.05, 0) is 6.42 Å². The predicted octanol–water partition coefficient (Wildman–Crippen LogP) is 1.57. The van der Waals surface area contributed by atoms with Crippen molar-refractivity contribution in [3.8, 4) is 0 Å². The highest BCUT2D eigenvalue weighted by atomic mass is 19.1. The summed E-state index contributed by atoms with van der Waals surface area (Å²) in [6, 6.07) is 0. The van der Waals surface area contributed by atoms with E-state index in [1.54, 1.807) is 6.92 Å². The van der Waals surface area contributed by atoms with Crippen molar-refractivity contribution in [2.24, 2.45) is 5.92 Å². The summed E-state index contributed by atoms with van der Waals surface area (Å²) in [5.74, 6) is -0.382. The molecule has 0 heterocycles. The molecule has 2 heteroatoms. The molecule has 0 amide bonds. The Bertz CT molecular complexity index is 80.6. The summed E-state index contributed by atoms with van der Waals surface area (Å²) in [6.45, 7) is 2.80. The molecule has 1 unspecified atom stereocenters. The molecule has 0 fully saturated rings. The lowest BCUT2D eigenvalue weighted by atomic mass is 10.1. The van der Waals surface area contributed by atoms with Gasteiger partial charge in [-0.25, -0.2) is 4.39 Å². The fraction of sp³-hybridized carbons (Fsp3) is 0.833. The van der Waals surface area contributed by atoms with Gasteiger partial charge in [0.15, 0.2) is 5.78 Å². The summed E-state index contributed by atoms with van der Waals surface area (Å²) in [6.07, 6.45) is 0.739. The highest BCUT2D eigenvalue weighted by Crippen LogP contribution is 2.01. The zero-order valence-electron chi connectivity index (χ0n) is 5.28. The van der Waals surface area contributed by atoms with E-state index < -0.39 is 6.67 Å². The van der Waals surface area contributed by atoms with E-state index in [1.807, 2.05) is 6.92 Å². The van der Waals surface area contributed by atoms with Crippen molar-refractivity contribution in [1.82, 2.24) is 0 Å². The Morgan fingerprint density at radius 1 is 1.75 bits per heavy atom. The molecule has 0 aromatic carbocycles. The van der Waals surface area contributed by atoms with E-state index in [1.165, 1.54) is 0 Å². The van der Waals surface area contributed by atoms with E-state index in [9.17, 15) is 9.18 Å². The highest BCUT2D eigenvalue weighted by Gasteiger charge is 2.07. The number of hydrogen-bond acceptors (Lipinski definition) is 1. The largest absolute Gasteiger partial charge is 0.296 e. The lowest BCUT2D eigenvalue weighted by Crippen LogP contribution is -2.10. The maximum Gasteiger partial charge on any atom is 0.166 e. The van der Waals surface area contributed by atoms with Crippen molar-refractivity contribution in [2.45, 2.75) is 20.3 Å². The minimum atomic E-state index is -0.811. The van der Waals surface area contributed by atoms with Crippen LogP contribution in [0.1, 0.15) is 20.3 Å². The summed E-state index contributed by atoms with van der Waals surface area (Å²) in [5, 5.41) is 0. The van der Waals surface area contributed by atoms with Gasteiger partial charge in [0, 0.05) is 5.92 Å². The van der Waals surface area contributed by atoms with Crippen molar-refractivity contribution < 1.29 is 9.18 Å². The van der Waals surface area contributed by atoms with Gasteiger partial charge in [0.25, 0.3) is 0 Å². The minimum absolute atomic E-state index is 0.0972. The Kier molecular flexibility index (Phi) is 3.40. The molecular weight excluding hydrogens is 107 g/mol. The second-order valence-electron chi connectivity index (χ2n) is 1.91. The van der Waals surface area contributed by atoms with Crippen LogP contribution in [0.15, 0.2) is 0 Å². The zero-order valence-corrected chi connectivity index (χ0v) is 5.28. The molecule has 1 atom stereocenters. The average Bonchev–Trinajstić information content (AvgIpc) is 1.84. The van der Waals surface area contributed by atoms with Crippen LogP contribution >= 0.6 is 0 Å². The van der Waals surface area contributed by atoms with Crippen LogP contribution in [-0.4, -0.2) is 12.5 Å². The minimum Gasteiger partial charge on any atom is -0.296 e. The molecule has 8 heavy (non-hydrogen) atoms. The number of Topliss-reactive ketones (excluding diaryl/α,β-unsaturated/α-hetero) is 1. The molecular formula is C6H11FO. The third-order valence-electron chi connectivity index (χ3n) is 1.29. The number of ketones is 1. The molecule has 0 aromatic heterocycles. The Labute approximate surface area is 48.9 Å².